The van der Waals surface area contributed by atoms with Crippen molar-refractivity contribution in [3.8, 4) is 11.8 Å². The van der Waals surface area contributed by atoms with Crippen LogP contribution in [0.1, 0.15) is 32.6 Å². The van der Waals surface area contributed by atoms with Gasteiger partial charge in [0, 0.05) is 23.2 Å². The van der Waals surface area contributed by atoms with Crippen molar-refractivity contribution >= 4 is 24.1 Å². The molecule has 2 aromatic rings. The van der Waals surface area contributed by atoms with E-state index in [9.17, 15) is 22.8 Å². The Balaban J connectivity index is 0.000000479. The second-order valence-corrected chi connectivity index (χ2v) is 6.70. The lowest BCUT2D eigenvalue weighted by molar-refractivity contribution is -0.192. The Morgan fingerprint density at radius 3 is 2.21 bits per heavy atom. The summed E-state index contributed by atoms with van der Waals surface area (Å²) in [6, 6.07) is 12.9. The molecule has 8 nitrogen and oxygen atoms in total. The molecular formula is C22H18F3N3O5. The first-order chi connectivity index (χ1) is 15.5. The Hall–Kier alpha value is -4.33. The van der Waals surface area contributed by atoms with Crippen LogP contribution in [0.15, 0.2) is 47.6 Å². The summed E-state index contributed by atoms with van der Waals surface area (Å²) >= 11 is 0. The maximum atomic E-state index is 12.3. The van der Waals surface area contributed by atoms with Crippen molar-refractivity contribution in [3.63, 3.8) is 0 Å². The van der Waals surface area contributed by atoms with Gasteiger partial charge in [-0.05, 0) is 47.9 Å². The highest BCUT2D eigenvalue weighted by atomic mass is 19.4. The van der Waals surface area contributed by atoms with Gasteiger partial charge in [0.2, 0.25) is 0 Å². The number of carboxylic acid groups (broad SMARTS) is 2. The summed E-state index contributed by atoms with van der Waals surface area (Å²) in [5, 5.41) is 19.5. The third kappa shape index (κ3) is 7.39. The molecule has 11 heteroatoms. The summed E-state index contributed by atoms with van der Waals surface area (Å²) in [7, 11) is 0. The fourth-order valence-electron chi connectivity index (χ4n) is 2.81. The molecule has 33 heavy (non-hydrogen) atoms. The fourth-order valence-corrected chi connectivity index (χ4v) is 2.81. The molecule has 1 heterocycles. The van der Waals surface area contributed by atoms with E-state index in [1.165, 1.54) is 4.90 Å². The van der Waals surface area contributed by atoms with E-state index in [0.29, 0.717) is 18.5 Å². The van der Waals surface area contributed by atoms with Crippen LogP contribution >= 0.6 is 0 Å². The molecule has 4 N–H and O–H groups in total. The number of carbonyl (C=O) groups is 3. The first-order valence-electron chi connectivity index (χ1n) is 9.30. The third-order valence-electron chi connectivity index (χ3n) is 4.33. The van der Waals surface area contributed by atoms with Crippen molar-refractivity contribution in [3.05, 3.63) is 70.3 Å². The second kappa shape index (κ2) is 10.8. The summed E-state index contributed by atoms with van der Waals surface area (Å²) in [4.78, 5) is 33.4. The number of alkyl halides is 3. The highest BCUT2D eigenvalue weighted by Gasteiger charge is 2.38. The van der Waals surface area contributed by atoms with E-state index in [-0.39, 0.29) is 12.5 Å². The molecule has 2 aromatic carbocycles. The molecule has 3 rings (SSSR count). The summed E-state index contributed by atoms with van der Waals surface area (Å²) < 4.78 is 31.7. The SMILES string of the molecule is NN=Cc1ccc(C#Cc2ccc3c(c2)CCN(CC(=O)O)C3=O)cc1.O=C(O)C(F)(F)F. The average Bonchev–Trinajstić information content (AvgIpc) is 2.75. The lowest BCUT2D eigenvalue weighted by Gasteiger charge is -2.27. The van der Waals surface area contributed by atoms with Gasteiger partial charge in [0.25, 0.3) is 5.91 Å². The Labute approximate surface area is 186 Å². The van der Waals surface area contributed by atoms with Gasteiger partial charge in [-0.2, -0.15) is 18.3 Å². The molecule has 0 bridgehead atoms. The molecule has 0 aliphatic carbocycles. The Bertz CT molecular complexity index is 1130. The van der Waals surface area contributed by atoms with Crippen LogP contribution in [-0.4, -0.2) is 58.4 Å². The Morgan fingerprint density at radius 2 is 1.67 bits per heavy atom. The maximum absolute atomic E-state index is 12.3. The molecule has 0 saturated carbocycles. The molecule has 1 aliphatic heterocycles. The van der Waals surface area contributed by atoms with Crippen LogP contribution in [0.3, 0.4) is 0 Å². The van der Waals surface area contributed by atoms with Gasteiger partial charge in [0.15, 0.2) is 0 Å². The molecule has 0 atom stereocenters. The first-order valence-corrected chi connectivity index (χ1v) is 9.30. The summed E-state index contributed by atoms with van der Waals surface area (Å²) in [5.41, 5.74) is 4.03. The molecule has 1 aliphatic rings. The lowest BCUT2D eigenvalue weighted by Crippen LogP contribution is -2.40. The van der Waals surface area contributed by atoms with E-state index in [2.05, 4.69) is 16.9 Å². The molecule has 0 spiro atoms. The van der Waals surface area contributed by atoms with E-state index >= 15 is 0 Å². The number of rotatable bonds is 3. The highest BCUT2D eigenvalue weighted by Crippen LogP contribution is 2.20. The third-order valence-corrected chi connectivity index (χ3v) is 4.33. The average molecular weight is 461 g/mol. The first kappa shape index (κ1) is 24.9. The summed E-state index contributed by atoms with van der Waals surface area (Å²) in [6.07, 6.45) is -2.90. The number of hydrogen-bond donors (Lipinski definition) is 3. The van der Waals surface area contributed by atoms with Gasteiger partial charge in [-0.15, -0.1) is 0 Å². The Morgan fingerprint density at radius 1 is 1.09 bits per heavy atom. The zero-order valence-corrected chi connectivity index (χ0v) is 17.0. The zero-order chi connectivity index (χ0) is 24.6. The number of hydrogen-bond acceptors (Lipinski definition) is 5. The monoisotopic (exact) mass is 461 g/mol. The van der Waals surface area contributed by atoms with Crippen LogP contribution in [0.4, 0.5) is 13.2 Å². The van der Waals surface area contributed by atoms with E-state index in [1.54, 1.807) is 18.3 Å². The van der Waals surface area contributed by atoms with Crippen LogP contribution in [0, 0.1) is 11.8 Å². The number of aliphatic carboxylic acids is 2. The zero-order valence-electron chi connectivity index (χ0n) is 17.0. The number of amides is 1. The van der Waals surface area contributed by atoms with Crippen molar-refractivity contribution < 1.29 is 37.8 Å². The molecule has 0 unspecified atom stereocenters. The topological polar surface area (TPSA) is 133 Å². The molecular weight excluding hydrogens is 443 g/mol. The molecule has 0 aromatic heterocycles. The standard InChI is InChI=1S/C20H17N3O3.C2HF3O2/c21-22-12-16-5-2-14(3-6-16)1-4-15-7-8-18-17(11-15)9-10-23(20(18)26)13-19(24)25;3-2(4,5)1(6)7/h2-3,5-8,11-12H,9-10,13,21H2,(H,24,25);(H,6,7). The van der Waals surface area contributed by atoms with Crippen molar-refractivity contribution in [2.24, 2.45) is 10.9 Å². The van der Waals surface area contributed by atoms with E-state index in [1.807, 2.05) is 30.3 Å². The minimum atomic E-state index is -5.08. The largest absolute Gasteiger partial charge is 0.490 e. The van der Waals surface area contributed by atoms with E-state index < -0.39 is 18.1 Å². The highest BCUT2D eigenvalue weighted by molar-refractivity contribution is 5.98. The van der Waals surface area contributed by atoms with Crippen molar-refractivity contribution in [1.82, 2.24) is 4.90 Å². The molecule has 0 saturated heterocycles. The smallest absolute Gasteiger partial charge is 0.480 e. The van der Waals surface area contributed by atoms with E-state index in [0.717, 1.165) is 22.3 Å². The summed E-state index contributed by atoms with van der Waals surface area (Å²) in [5.74, 6) is 7.29. The number of carbonyl (C=O) groups excluding carboxylic acids is 1. The van der Waals surface area contributed by atoms with Gasteiger partial charge in [-0.1, -0.05) is 24.0 Å². The van der Waals surface area contributed by atoms with Gasteiger partial charge in [0.1, 0.15) is 6.54 Å². The number of benzene rings is 2. The normalized spacial score (nSPS) is 12.8. The van der Waals surface area contributed by atoms with Crippen molar-refractivity contribution in [2.75, 3.05) is 13.1 Å². The molecule has 1 amide bonds. The summed E-state index contributed by atoms with van der Waals surface area (Å²) in [6.45, 7) is 0.129. The number of hydrazone groups is 1. The van der Waals surface area contributed by atoms with Crippen LogP contribution in [0.25, 0.3) is 0 Å². The predicted molar refractivity (Wildman–Crippen MR) is 112 cm³/mol. The van der Waals surface area contributed by atoms with E-state index in [4.69, 9.17) is 20.9 Å². The minimum Gasteiger partial charge on any atom is -0.480 e. The van der Waals surface area contributed by atoms with Crippen LogP contribution < -0.4 is 5.84 Å². The predicted octanol–water partition coefficient (Wildman–Crippen LogP) is 2.10. The molecule has 0 radical (unpaired) electrons. The number of halogens is 3. The van der Waals surface area contributed by atoms with Crippen molar-refractivity contribution in [2.45, 2.75) is 12.6 Å². The van der Waals surface area contributed by atoms with Crippen LogP contribution in [-0.2, 0) is 16.0 Å². The Kier molecular flexibility index (Phi) is 8.17. The second-order valence-electron chi connectivity index (χ2n) is 6.70. The lowest BCUT2D eigenvalue weighted by atomic mass is 9.96. The minimum absolute atomic E-state index is 0.245. The van der Waals surface area contributed by atoms with Gasteiger partial charge < -0.3 is 21.0 Å². The molecule has 172 valence electrons. The quantitative estimate of drug-likeness (QED) is 0.278. The van der Waals surface area contributed by atoms with Gasteiger partial charge in [-0.3, -0.25) is 9.59 Å². The maximum Gasteiger partial charge on any atom is 0.490 e. The number of fused-ring (bicyclic) bond motifs is 1. The van der Waals surface area contributed by atoms with Crippen LogP contribution in [0.2, 0.25) is 0 Å². The van der Waals surface area contributed by atoms with Crippen LogP contribution in [0.5, 0.6) is 0 Å². The van der Waals surface area contributed by atoms with Crippen molar-refractivity contribution in [1.29, 1.82) is 0 Å². The number of nitrogens with zero attached hydrogens (tertiary/aromatic N) is 2. The number of nitrogens with two attached hydrogens (primary N) is 1. The van der Waals surface area contributed by atoms with Gasteiger partial charge in [0.05, 0.1) is 6.21 Å². The van der Waals surface area contributed by atoms with Gasteiger partial charge in [-0.25, -0.2) is 4.79 Å². The number of carboxylic acids is 2. The molecule has 0 fully saturated rings. The van der Waals surface area contributed by atoms with Gasteiger partial charge >= 0.3 is 18.1 Å². The fraction of sp³-hybridized carbons (Fsp3) is 0.182.